The van der Waals surface area contributed by atoms with E-state index in [0.29, 0.717) is 11.6 Å². The van der Waals surface area contributed by atoms with Crippen LogP contribution in [0.1, 0.15) is 16.3 Å². The lowest BCUT2D eigenvalue weighted by Crippen LogP contribution is -2.10. The van der Waals surface area contributed by atoms with Crippen LogP contribution in [0.15, 0.2) is 30.3 Å². The quantitative estimate of drug-likeness (QED) is 0.868. The number of rotatable bonds is 5. The van der Waals surface area contributed by atoms with Gasteiger partial charge in [-0.05, 0) is 24.3 Å². The summed E-state index contributed by atoms with van der Waals surface area (Å²) >= 11 is 0. The molecule has 1 aromatic carbocycles. The van der Waals surface area contributed by atoms with Crippen LogP contribution in [0.2, 0.25) is 0 Å². The molecule has 6 nitrogen and oxygen atoms in total. The maximum Gasteiger partial charge on any atom is 0.354 e. The van der Waals surface area contributed by atoms with Crippen LogP contribution in [0.25, 0.3) is 0 Å². The fourth-order valence-corrected chi connectivity index (χ4v) is 1.48. The van der Waals surface area contributed by atoms with Crippen molar-refractivity contribution >= 4 is 11.8 Å². The zero-order valence-corrected chi connectivity index (χ0v) is 10.6. The lowest BCUT2D eigenvalue weighted by molar-refractivity contribution is 0.0689. The molecule has 0 unspecified atom stereocenters. The van der Waals surface area contributed by atoms with Crippen LogP contribution >= 0.6 is 0 Å². The van der Waals surface area contributed by atoms with Crippen molar-refractivity contribution in [3.8, 4) is 5.75 Å². The van der Waals surface area contributed by atoms with E-state index in [2.05, 4.69) is 15.3 Å². The first kappa shape index (κ1) is 13.7. The summed E-state index contributed by atoms with van der Waals surface area (Å²) in [7, 11) is 1.62. The Balaban J connectivity index is 2.14. The second-order valence-corrected chi connectivity index (χ2v) is 3.85. The molecule has 1 aromatic heterocycles. The maximum absolute atomic E-state index is 12.7. The highest BCUT2D eigenvalue weighted by molar-refractivity contribution is 5.86. The van der Waals surface area contributed by atoms with Gasteiger partial charge < -0.3 is 15.2 Å². The summed E-state index contributed by atoms with van der Waals surface area (Å²) in [5, 5.41) is 11.7. The predicted molar refractivity (Wildman–Crippen MR) is 69.3 cm³/mol. The molecule has 2 aromatic rings. The Morgan fingerprint density at radius 3 is 2.65 bits per heavy atom. The monoisotopic (exact) mass is 277 g/mol. The third-order valence-electron chi connectivity index (χ3n) is 2.43. The number of ether oxygens (including phenoxy) is 1. The summed E-state index contributed by atoms with van der Waals surface area (Å²) in [5.74, 6) is -0.457. The molecule has 1 heterocycles. The Morgan fingerprint density at radius 2 is 2.05 bits per heavy atom. The normalized spacial score (nSPS) is 10.1. The van der Waals surface area contributed by atoms with Crippen LogP contribution in [-0.2, 0) is 6.61 Å². The van der Waals surface area contributed by atoms with Crippen LogP contribution in [-0.4, -0.2) is 28.1 Å². The van der Waals surface area contributed by atoms with E-state index >= 15 is 0 Å². The summed E-state index contributed by atoms with van der Waals surface area (Å²) in [6.45, 7) is -0.0125. The molecule has 0 aliphatic rings. The molecule has 0 radical (unpaired) electrons. The number of carboxylic acids is 1. The molecule has 104 valence electrons. The van der Waals surface area contributed by atoms with Gasteiger partial charge in [-0.3, -0.25) is 0 Å². The molecule has 0 saturated heterocycles. The third kappa shape index (κ3) is 3.41. The lowest BCUT2D eigenvalue weighted by atomic mass is 10.3. The Labute approximate surface area is 114 Å². The van der Waals surface area contributed by atoms with E-state index in [-0.39, 0.29) is 23.9 Å². The van der Waals surface area contributed by atoms with E-state index in [9.17, 15) is 9.18 Å². The van der Waals surface area contributed by atoms with E-state index < -0.39 is 5.97 Å². The zero-order valence-electron chi connectivity index (χ0n) is 10.6. The fourth-order valence-electron chi connectivity index (χ4n) is 1.48. The van der Waals surface area contributed by atoms with Crippen molar-refractivity contribution in [3.05, 3.63) is 47.7 Å². The molecule has 0 aliphatic heterocycles. The number of hydrogen-bond acceptors (Lipinski definition) is 5. The topological polar surface area (TPSA) is 84.3 Å². The van der Waals surface area contributed by atoms with Crippen molar-refractivity contribution in [2.75, 3.05) is 12.4 Å². The van der Waals surface area contributed by atoms with Gasteiger partial charge in [0, 0.05) is 13.1 Å². The molecule has 0 saturated carbocycles. The average Bonchev–Trinajstić information content (AvgIpc) is 2.46. The number of carbonyl (C=O) groups is 1. The van der Waals surface area contributed by atoms with Crippen LogP contribution < -0.4 is 10.1 Å². The second kappa shape index (κ2) is 5.96. The molecule has 0 amide bonds. The van der Waals surface area contributed by atoms with Gasteiger partial charge in [0.1, 0.15) is 24.0 Å². The Hall–Kier alpha value is -2.70. The van der Waals surface area contributed by atoms with Crippen molar-refractivity contribution < 1.29 is 19.0 Å². The van der Waals surface area contributed by atoms with Crippen LogP contribution in [0, 0.1) is 5.82 Å². The Morgan fingerprint density at radius 1 is 1.35 bits per heavy atom. The minimum atomic E-state index is -1.15. The predicted octanol–water partition coefficient (Wildman–Crippen LogP) is 1.93. The summed E-state index contributed by atoms with van der Waals surface area (Å²) < 4.78 is 18.1. The van der Waals surface area contributed by atoms with E-state index in [1.54, 1.807) is 7.05 Å². The smallest absolute Gasteiger partial charge is 0.354 e. The van der Waals surface area contributed by atoms with Crippen molar-refractivity contribution in [1.29, 1.82) is 0 Å². The SMILES string of the molecule is CNc1cc(C(=O)O)nc(COc2ccc(F)cc2)n1. The minimum absolute atomic E-state index is 0.0125. The summed E-state index contributed by atoms with van der Waals surface area (Å²) in [4.78, 5) is 18.9. The van der Waals surface area contributed by atoms with Gasteiger partial charge in [-0.15, -0.1) is 0 Å². The number of aromatic carboxylic acids is 1. The highest BCUT2D eigenvalue weighted by Gasteiger charge is 2.10. The first-order valence-corrected chi connectivity index (χ1v) is 5.76. The molecular weight excluding hydrogens is 265 g/mol. The van der Waals surface area contributed by atoms with Gasteiger partial charge in [-0.25, -0.2) is 19.2 Å². The number of nitrogens with one attached hydrogen (secondary N) is 1. The first-order chi connectivity index (χ1) is 9.58. The number of carboxylic acid groups (broad SMARTS) is 1. The standard InChI is InChI=1S/C13H12FN3O3/c1-15-11-6-10(13(18)19)16-12(17-11)7-20-9-4-2-8(14)3-5-9/h2-6H,7H2,1H3,(H,18,19)(H,15,16,17). The molecule has 0 fully saturated rings. The maximum atomic E-state index is 12.7. The van der Waals surface area contributed by atoms with Gasteiger partial charge >= 0.3 is 5.97 Å². The number of anilines is 1. The second-order valence-electron chi connectivity index (χ2n) is 3.85. The third-order valence-corrected chi connectivity index (χ3v) is 2.43. The van der Waals surface area contributed by atoms with Crippen LogP contribution in [0.5, 0.6) is 5.75 Å². The van der Waals surface area contributed by atoms with Gasteiger partial charge in [0.15, 0.2) is 11.5 Å². The largest absolute Gasteiger partial charge is 0.486 e. The van der Waals surface area contributed by atoms with Crippen LogP contribution in [0.4, 0.5) is 10.2 Å². The Kier molecular flexibility index (Phi) is 4.09. The lowest BCUT2D eigenvalue weighted by Gasteiger charge is -2.07. The number of halogens is 1. The minimum Gasteiger partial charge on any atom is -0.486 e. The molecule has 20 heavy (non-hydrogen) atoms. The van der Waals surface area contributed by atoms with E-state index in [1.807, 2.05) is 0 Å². The molecular formula is C13H12FN3O3. The van der Waals surface area contributed by atoms with Gasteiger partial charge in [-0.1, -0.05) is 0 Å². The zero-order chi connectivity index (χ0) is 14.5. The van der Waals surface area contributed by atoms with Crippen LogP contribution in [0.3, 0.4) is 0 Å². The number of nitrogens with zero attached hydrogens (tertiary/aromatic N) is 2. The van der Waals surface area contributed by atoms with E-state index in [1.165, 1.54) is 30.3 Å². The highest BCUT2D eigenvalue weighted by Crippen LogP contribution is 2.13. The Bertz CT molecular complexity index is 617. The van der Waals surface area contributed by atoms with Gasteiger partial charge in [0.05, 0.1) is 0 Å². The molecule has 0 aliphatic carbocycles. The average molecular weight is 277 g/mol. The van der Waals surface area contributed by atoms with Crippen molar-refractivity contribution in [2.24, 2.45) is 0 Å². The molecule has 0 spiro atoms. The summed E-state index contributed by atoms with van der Waals surface area (Å²) in [5.41, 5.74) is -0.123. The van der Waals surface area contributed by atoms with Crippen molar-refractivity contribution in [2.45, 2.75) is 6.61 Å². The van der Waals surface area contributed by atoms with Gasteiger partial charge in [0.2, 0.25) is 0 Å². The molecule has 0 atom stereocenters. The van der Waals surface area contributed by atoms with Crippen molar-refractivity contribution in [1.82, 2.24) is 9.97 Å². The fraction of sp³-hybridized carbons (Fsp3) is 0.154. The summed E-state index contributed by atoms with van der Waals surface area (Å²) in [6.07, 6.45) is 0. The van der Waals surface area contributed by atoms with Gasteiger partial charge in [-0.2, -0.15) is 0 Å². The highest BCUT2D eigenvalue weighted by atomic mass is 19.1. The number of benzene rings is 1. The molecule has 0 bridgehead atoms. The van der Waals surface area contributed by atoms with E-state index in [4.69, 9.17) is 9.84 Å². The molecule has 2 rings (SSSR count). The number of hydrogen-bond donors (Lipinski definition) is 2. The number of aromatic nitrogens is 2. The molecule has 2 N–H and O–H groups in total. The summed E-state index contributed by atoms with van der Waals surface area (Å²) in [6, 6.07) is 6.79. The van der Waals surface area contributed by atoms with E-state index in [0.717, 1.165) is 0 Å². The molecule has 7 heteroatoms. The van der Waals surface area contributed by atoms with Gasteiger partial charge in [0.25, 0.3) is 0 Å². The first-order valence-electron chi connectivity index (χ1n) is 5.76. The van der Waals surface area contributed by atoms with Crippen molar-refractivity contribution in [3.63, 3.8) is 0 Å².